The lowest BCUT2D eigenvalue weighted by Gasteiger charge is -2.17. The van der Waals surface area contributed by atoms with E-state index in [4.69, 9.17) is 4.74 Å². The Morgan fingerprint density at radius 2 is 1.88 bits per heavy atom. The van der Waals surface area contributed by atoms with Gasteiger partial charge in [-0.15, -0.1) is 16.8 Å². The Morgan fingerprint density at radius 1 is 1.16 bits per heavy atom. The minimum Gasteiger partial charge on any atom is -0.496 e. The zero-order valence-electron chi connectivity index (χ0n) is 17.9. The maximum Gasteiger partial charge on any atom is 0.321 e. The van der Waals surface area contributed by atoms with Crippen molar-refractivity contribution in [1.29, 1.82) is 0 Å². The molecule has 1 aromatic heterocycles. The van der Waals surface area contributed by atoms with Crippen LogP contribution in [0, 0.1) is 0 Å². The van der Waals surface area contributed by atoms with Gasteiger partial charge in [-0.1, -0.05) is 60.3 Å². The molecule has 2 N–H and O–H groups in total. The molecule has 0 aliphatic heterocycles. The van der Waals surface area contributed by atoms with Crippen LogP contribution in [0.5, 0.6) is 5.75 Å². The number of imide groups is 1. The molecule has 0 radical (unpaired) electrons. The van der Waals surface area contributed by atoms with Crippen LogP contribution in [0.4, 0.5) is 4.79 Å². The highest BCUT2D eigenvalue weighted by Crippen LogP contribution is 2.37. The number of hydrogen-bond acceptors (Lipinski definition) is 6. The molecule has 0 fully saturated rings. The van der Waals surface area contributed by atoms with Crippen molar-refractivity contribution in [3.8, 4) is 17.1 Å². The van der Waals surface area contributed by atoms with Gasteiger partial charge in [-0.3, -0.25) is 14.7 Å². The number of methoxy groups -OCH3 is 1. The maximum atomic E-state index is 13.0. The number of nitrogens with one attached hydrogen (secondary N) is 2. The first-order valence-electron chi connectivity index (χ1n) is 10.1. The van der Waals surface area contributed by atoms with Crippen molar-refractivity contribution in [3.63, 3.8) is 0 Å². The molecule has 3 aromatic rings. The molecule has 0 saturated carbocycles. The summed E-state index contributed by atoms with van der Waals surface area (Å²) in [6, 6.07) is 16.2. The zero-order valence-corrected chi connectivity index (χ0v) is 18.8. The fraction of sp³-hybridized carbons (Fsp3) is 0.217. The summed E-state index contributed by atoms with van der Waals surface area (Å²) in [7, 11) is 1.60. The molecule has 1 atom stereocenters. The molecule has 32 heavy (non-hydrogen) atoms. The minimum atomic E-state index is -0.711. The van der Waals surface area contributed by atoms with Crippen molar-refractivity contribution in [1.82, 2.24) is 25.4 Å². The van der Waals surface area contributed by atoms with Crippen molar-refractivity contribution in [2.24, 2.45) is 0 Å². The smallest absolute Gasteiger partial charge is 0.321 e. The molecular weight excluding hydrogens is 426 g/mol. The van der Waals surface area contributed by atoms with Gasteiger partial charge in [0.1, 0.15) is 11.0 Å². The summed E-state index contributed by atoms with van der Waals surface area (Å²) >= 11 is 1.21. The molecule has 8 nitrogen and oxygen atoms in total. The lowest BCUT2D eigenvalue weighted by atomic mass is 10.1. The normalized spacial score (nSPS) is 11.4. The van der Waals surface area contributed by atoms with Gasteiger partial charge in [-0.05, 0) is 24.6 Å². The fourth-order valence-electron chi connectivity index (χ4n) is 3.09. The Balaban J connectivity index is 1.99. The Morgan fingerprint density at radius 3 is 2.56 bits per heavy atom. The van der Waals surface area contributed by atoms with Crippen LogP contribution in [-0.4, -0.2) is 40.4 Å². The van der Waals surface area contributed by atoms with E-state index in [1.807, 2.05) is 59.2 Å². The molecule has 2 aromatic carbocycles. The second-order valence-electron chi connectivity index (χ2n) is 6.66. The highest BCUT2D eigenvalue weighted by molar-refractivity contribution is 8.00. The monoisotopic (exact) mass is 451 g/mol. The first kappa shape index (κ1) is 23.1. The van der Waals surface area contributed by atoms with E-state index in [-0.39, 0.29) is 0 Å². The van der Waals surface area contributed by atoms with Crippen LogP contribution in [0.15, 0.2) is 72.4 Å². The second-order valence-corrected chi connectivity index (χ2v) is 7.74. The number of para-hydroxylation sites is 1. The number of amides is 3. The third-order valence-corrected chi connectivity index (χ3v) is 5.75. The number of hydrogen-bond donors (Lipinski definition) is 2. The molecule has 0 spiro atoms. The molecule has 1 heterocycles. The summed E-state index contributed by atoms with van der Waals surface area (Å²) in [4.78, 5) is 24.9. The maximum absolute atomic E-state index is 13.0. The van der Waals surface area contributed by atoms with E-state index in [1.54, 1.807) is 20.1 Å². The molecule has 9 heteroatoms. The largest absolute Gasteiger partial charge is 0.496 e. The minimum absolute atomic E-state index is 0.415. The number of benzene rings is 2. The van der Waals surface area contributed by atoms with Crippen molar-refractivity contribution in [3.05, 3.63) is 72.8 Å². The van der Waals surface area contributed by atoms with E-state index in [0.29, 0.717) is 29.8 Å². The number of thioether (sulfide) groups is 1. The highest BCUT2D eigenvalue weighted by Gasteiger charge is 2.27. The van der Waals surface area contributed by atoms with E-state index in [2.05, 4.69) is 27.4 Å². The molecule has 0 saturated heterocycles. The Labute approximate surface area is 191 Å². The van der Waals surface area contributed by atoms with Gasteiger partial charge in [0.2, 0.25) is 5.91 Å². The summed E-state index contributed by atoms with van der Waals surface area (Å²) in [6.07, 6.45) is 1.73. The van der Waals surface area contributed by atoms with Crippen LogP contribution in [0.2, 0.25) is 0 Å². The Kier molecular flexibility index (Phi) is 8.04. The molecule has 166 valence electrons. The van der Waals surface area contributed by atoms with E-state index in [0.717, 1.165) is 11.1 Å². The van der Waals surface area contributed by atoms with Crippen molar-refractivity contribution in [2.75, 3.05) is 13.7 Å². The number of rotatable bonds is 9. The Hall–Kier alpha value is -3.59. The third-order valence-electron chi connectivity index (χ3n) is 4.51. The van der Waals surface area contributed by atoms with Crippen LogP contribution in [0.1, 0.15) is 17.7 Å². The number of nitrogens with zero attached hydrogens (tertiary/aromatic N) is 3. The number of carbonyl (C=O) groups excluding carboxylic acids is 2. The number of urea groups is 1. The quantitative estimate of drug-likeness (QED) is 0.379. The SMILES string of the molecule is C=CCn1c(S[C@@H](C(=O)NC(=O)NCC)c2ccccc2)nnc1-c1ccccc1OC. The van der Waals surface area contributed by atoms with Gasteiger partial charge in [0.15, 0.2) is 11.0 Å². The first-order chi connectivity index (χ1) is 15.6. The van der Waals surface area contributed by atoms with Gasteiger partial charge in [0.25, 0.3) is 0 Å². The number of carbonyl (C=O) groups is 2. The van der Waals surface area contributed by atoms with Crippen molar-refractivity contribution in [2.45, 2.75) is 23.9 Å². The van der Waals surface area contributed by atoms with Gasteiger partial charge in [0, 0.05) is 13.1 Å². The van der Waals surface area contributed by atoms with Crippen LogP contribution in [-0.2, 0) is 11.3 Å². The van der Waals surface area contributed by atoms with E-state index in [1.165, 1.54) is 11.8 Å². The first-order valence-corrected chi connectivity index (χ1v) is 10.9. The van der Waals surface area contributed by atoms with Gasteiger partial charge in [-0.25, -0.2) is 4.79 Å². The van der Waals surface area contributed by atoms with E-state index in [9.17, 15) is 9.59 Å². The number of aromatic nitrogens is 3. The predicted molar refractivity (Wildman–Crippen MR) is 124 cm³/mol. The lowest BCUT2D eigenvalue weighted by Crippen LogP contribution is -2.41. The van der Waals surface area contributed by atoms with Crippen molar-refractivity contribution < 1.29 is 14.3 Å². The third kappa shape index (κ3) is 5.36. The van der Waals surface area contributed by atoms with Crippen LogP contribution < -0.4 is 15.4 Å². The zero-order chi connectivity index (χ0) is 22.9. The van der Waals surface area contributed by atoms with Gasteiger partial charge < -0.3 is 10.1 Å². The van der Waals surface area contributed by atoms with Crippen LogP contribution in [0.3, 0.4) is 0 Å². The summed E-state index contributed by atoms with van der Waals surface area (Å²) in [5, 5.41) is 13.5. The van der Waals surface area contributed by atoms with E-state index < -0.39 is 17.2 Å². The molecular formula is C23H25N5O3S. The van der Waals surface area contributed by atoms with Gasteiger partial charge in [-0.2, -0.15) is 0 Å². The number of allylic oxidation sites excluding steroid dienone is 1. The topological polar surface area (TPSA) is 98.1 Å². The molecule has 0 unspecified atom stereocenters. The second kappa shape index (κ2) is 11.1. The van der Waals surface area contributed by atoms with Crippen LogP contribution >= 0.6 is 11.8 Å². The van der Waals surface area contributed by atoms with Crippen molar-refractivity contribution >= 4 is 23.7 Å². The molecule has 0 bridgehead atoms. The van der Waals surface area contributed by atoms with E-state index >= 15 is 0 Å². The predicted octanol–water partition coefficient (Wildman–Crippen LogP) is 3.82. The van der Waals surface area contributed by atoms with Crippen LogP contribution in [0.25, 0.3) is 11.4 Å². The lowest BCUT2D eigenvalue weighted by molar-refractivity contribution is -0.119. The highest BCUT2D eigenvalue weighted by atomic mass is 32.2. The molecule has 0 aliphatic rings. The summed E-state index contributed by atoms with van der Waals surface area (Å²) in [6.45, 7) is 6.47. The average molecular weight is 452 g/mol. The Bertz CT molecular complexity index is 1080. The molecule has 0 aliphatic carbocycles. The summed E-state index contributed by atoms with van der Waals surface area (Å²) in [5.41, 5.74) is 1.52. The molecule has 3 rings (SSSR count). The molecule has 3 amide bonds. The average Bonchev–Trinajstić information content (AvgIpc) is 3.20. The summed E-state index contributed by atoms with van der Waals surface area (Å²) < 4.78 is 7.34. The van der Waals surface area contributed by atoms with Gasteiger partial charge >= 0.3 is 6.03 Å². The summed E-state index contributed by atoms with van der Waals surface area (Å²) in [5.74, 6) is 0.815. The number of ether oxygens (including phenoxy) is 1. The fourth-order valence-corrected chi connectivity index (χ4v) is 4.13. The standard InChI is InChI=1S/C23H25N5O3S/c1-4-15-28-20(17-13-9-10-14-18(17)31-3)26-27-23(28)32-19(16-11-7-6-8-12-16)21(29)25-22(30)24-5-2/h4,6-14,19H,1,5,15H2,2-3H3,(H2,24,25,29,30)/t19-/m1/s1. The van der Waals surface area contributed by atoms with Gasteiger partial charge in [0.05, 0.1) is 12.7 Å².